The first kappa shape index (κ1) is 9.74. The molecule has 0 saturated carbocycles. The van der Waals surface area contributed by atoms with E-state index in [1.807, 2.05) is 6.20 Å². The lowest BCUT2D eigenvalue weighted by Gasteiger charge is -2.03. The van der Waals surface area contributed by atoms with Crippen LogP contribution >= 0.6 is 22.9 Å². The number of nitrogens with zero attached hydrogens (tertiary/aromatic N) is 2. The average molecular weight is 227 g/mol. The molecule has 74 valence electrons. The maximum atomic E-state index is 5.75. The van der Waals surface area contributed by atoms with Gasteiger partial charge in [0, 0.05) is 18.9 Å². The lowest BCUT2D eigenvalue weighted by molar-refractivity contribution is 0.670. The van der Waals surface area contributed by atoms with Crippen LogP contribution in [0.3, 0.4) is 0 Å². The Morgan fingerprint density at radius 1 is 1.50 bits per heavy atom. The highest BCUT2D eigenvalue weighted by molar-refractivity contribution is 7.07. The zero-order valence-electron chi connectivity index (χ0n) is 7.69. The van der Waals surface area contributed by atoms with Gasteiger partial charge in [-0.2, -0.15) is 11.3 Å². The highest BCUT2D eigenvalue weighted by atomic mass is 35.5. The normalized spacial score (nSPS) is 10.6. The van der Waals surface area contributed by atoms with Crippen LogP contribution < -0.4 is 0 Å². The maximum Gasteiger partial charge on any atom is 0.123 e. The number of hydrogen-bond acceptors (Lipinski definition) is 2. The Bertz CT molecular complexity index is 380. The topological polar surface area (TPSA) is 17.8 Å². The van der Waals surface area contributed by atoms with Crippen molar-refractivity contribution < 1.29 is 0 Å². The van der Waals surface area contributed by atoms with Gasteiger partial charge in [0.05, 0.1) is 5.88 Å². The third kappa shape index (κ3) is 2.16. The summed E-state index contributed by atoms with van der Waals surface area (Å²) in [5.41, 5.74) is 1.38. The van der Waals surface area contributed by atoms with E-state index in [2.05, 4.69) is 26.4 Å². The van der Waals surface area contributed by atoms with Gasteiger partial charge in [-0.1, -0.05) is 0 Å². The average Bonchev–Trinajstić information content (AvgIpc) is 2.85. The van der Waals surface area contributed by atoms with Crippen LogP contribution in [-0.2, 0) is 18.8 Å². The molecule has 0 fully saturated rings. The molecule has 0 aliphatic carbocycles. The monoisotopic (exact) mass is 226 g/mol. The van der Waals surface area contributed by atoms with E-state index in [9.17, 15) is 0 Å². The molecule has 0 radical (unpaired) electrons. The van der Waals surface area contributed by atoms with Crippen LogP contribution in [0.15, 0.2) is 29.2 Å². The second-order valence-corrected chi connectivity index (χ2v) is 4.10. The number of aromatic nitrogens is 2. The Morgan fingerprint density at radius 3 is 3.14 bits per heavy atom. The predicted molar refractivity (Wildman–Crippen MR) is 59.8 cm³/mol. The molecule has 2 rings (SSSR count). The number of rotatable bonds is 4. The highest BCUT2D eigenvalue weighted by Gasteiger charge is 2.00. The minimum absolute atomic E-state index is 0.483. The van der Waals surface area contributed by atoms with E-state index in [4.69, 9.17) is 11.6 Å². The molecule has 0 atom stereocenters. The van der Waals surface area contributed by atoms with Gasteiger partial charge < -0.3 is 4.57 Å². The van der Waals surface area contributed by atoms with Gasteiger partial charge in [0.2, 0.25) is 0 Å². The SMILES string of the molecule is ClCc1nccn1CCc1ccsc1. The fourth-order valence-electron chi connectivity index (χ4n) is 1.36. The third-order valence-corrected chi connectivity index (χ3v) is 3.11. The molecular weight excluding hydrogens is 216 g/mol. The number of halogens is 1. The second-order valence-electron chi connectivity index (χ2n) is 3.05. The lowest BCUT2D eigenvalue weighted by atomic mass is 10.2. The summed E-state index contributed by atoms with van der Waals surface area (Å²) in [6, 6.07) is 2.15. The molecule has 0 N–H and O–H groups in total. The van der Waals surface area contributed by atoms with Crippen LogP contribution in [0.25, 0.3) is 0 Å². The van der Waals surface area contributed by atoms with Crippen molar-refractivity contribution in [2.75, 3.05) is 0 Å². The van der Waals surface area contributed by atoms with Gasteiger partial charge in [-0.05, 0) is 28.8 Å². The van der Waals surface area contributed by atoms with Crippen LogP contribution in [0, 0.1) is 0 Å². The summed E-state index contributed by atoms with van der Waals surface area (Å²) in [4.78, 5) is 4.17. The minimum atomic E-state index is 0.483. The molecule has 14 heavy (non-hydrogen) atoms. The van der Waals surface area contributed by atoms with Crippen LogP contribution in [0.5, 0.6) is 0 Å². The van der Waals surface area contributed by atoms with Crippen molar-refractivity contribution in [3.63, 3.8) is 0 Å². The molecule has 0 aromatic carbocycles. The van der Waals surface area contributed by atoms with E-state index in [0.717, 1.165) is 18.8 Å². The summed E-state index contributed by atoms with van der Waals surface area (Å²) in [7, 11) is 0. The van der Waals surface area contributed by atoms with Crippen molar-refractivity contribution >= 4 is 22.9 Å². The molecule has 0 unspecified atom stereocenters. The van der Waals surface area contributed by atoms with E-state index in [-0.39, 0.29) is 0 Å². The smallest absolute Gasteiger partial charge is 0.123 e. The predicted octanol–water partition coefficient (Wildman–Crippen LogP) is 2.93. The summed E-state index contributed by atoms with van der Waals surface area (Å²) in [6.45, 7) is 0.957. The van der Waals surface area contributed by atoms with Crippen LogP contribution in [0.1, 0.15) is 11.4 Å². The molecule has 2 aromatic heterocycles. The van der Waals surface area contributed by atoms with Crippen molar-refractivity contribution in [3.8, 4) is 0 Å². The number of alkyl halides is 1. The van der Waals surface area contributed by atoms with Crippen molar-refractivity contribution in [3.05, 3.63) is 40.6 Å². The Balaban J connectivity index is 1.98. The van der Waals surface area contributed by atoms with Crippen molar-refractivity contribution in [2.24, 2.45) is 0 Å². The number of aryl methyl sites for hydroxylation is 2. The molecular formula is C10H11ClN2S. The van der Waals surface area contributed by atoms with Gasteiger partial charge in [-0.15, -0.1) is 11.6 Å². The molecule has 0 aliphatic rings. The first-order chi connectivity index (χ1) is 6.90. The molecule has 4 heteroatoms. The first-order valence-electron chi connectivity index (χ1n) is 4.47. The van der Waals surface area contributed by atoms with Crippen LogP contribution in [0.4, 0.5) is 0 Å². The van der Waals surface area contributed by atoms with Crippen LogP contribution in [0.2, 0.25) is 0 Å². The van der Waals surface area contributed by atoms with Gasteiger partial charge in [-0.3, -0.25) is 0 Å². The Hall–Kier alpha value is -0.800. The van der Waals surface area contributed by atoms with Crippen molar-refractivity contribution in [2.45, 2.75) is 18.8 Å². The fourth-order valence-corrected chi connectivity index (χ4v) is 2.29. The largest absolute Gasteiger partial charge is 0.334 e. The van der Waals surface area contributed by atoms with Gasteiger partial charge in [0.15, 0.2) is 0 Å². The molecule has 0 saturated heterocycles. The number of imidazole rings is 1. The standard InChI is InChI=1S/C10H11ClN2S/c11-7-10-12-3-5-13(10)4-1-9-2-6-14-8-9/h2-3,5-6,8H,1,4,7H2. The zero-order chi connectivity index (χ0) is 9.80. The van der Waals surface area contributed by atoms with E-state index >= 15 is 0 Å². The summed E-state index contributed by atoms with van der Waals surface area (Å²) in [5, 5.41) is 4.28. The van der Waals surface area contributed by atoms with Crippen LogP contribution in [-0.4, -0.2) is 9.55 Å². The third-order valence-electron chi connectivity index (χ3n) is 2.14. The molecule has 2 nitrogen and oxygen atoms in total. The van der Waals surface area contributed by atoms with Gasteiger partial charge in [0.25, 0.3) is 0 Å². The molecule has 0 amide bonds. The quantitative estimate of drug-likeness (QED) is 0.733. The van der Waals surface area contributed by atoms with Gasteiger partial charge in [-0.25, -0.2) is 4.98 Å². The zero-order valence-corrected chi connectivity index (χ0v) is 9.26. The van der Waals surface area contributed by atoms with E-state index in [1.54, 1.807) is 17.5 Å². The summed E-state index contributed by atoms with van der Waals surface area (Å²) < 4.78 is 2.10. The molecule has 0 spiro atoms. The van der Waals surface area contributed by atoms with Gasteiger partial charge in [0.1, 0.15) is 5.82 Å². The Kier molecular flexibility index (Phi) is 3.22. The van der Waals surface area contributed by atoms with E-state index in [1.165, 1.54) is 5.56 Å². The first-order valence-corrected chi connectivity index (χ1v) is 5.95. The Labute approximate surface area is 92.2 Å². The van der Waals surface area contributed by atoms with Gasteiger partial charge >= 0.3 is 0 Å². The molecule has 0 bridgehead atoms. The maximum absolute atomic E-state index is 5.75. The van der Waals surface area contributed by atoms with E-state index in [0.29, 0.717) is 5.88 Å². The lowest BCUT2D eigenvalue weighted by Crippen LogP contribution is -2.03. The minimum Gasteiger partial charge on any atom is -0.334 e. The summed E-state index contributed by atoms with van der Waals surface area (Å²) in [5.74, 6) is 1.43. The number of hydrogen-bond donors (Lipinski definition) is 0. The molecule has 0 aliphatic heterocycles. The molecule has 2 aromatic rings. The Morgan fingerprint density at radius 2 is 2.43 bits per heavy atom. The number of thiophene rings is 1. The van der Waals surface area contributed by atoms with Crippen molar-refractivity contribution in [1.82, 2.24) is 9.55 Å². The second kappa shape index (κ2) is 4.62. The molecule has 2 heterocycles. The summed E-state index contributed by atoms with van der Waals surface area (Å²) in [6.07, 6.45) is 4.82. The highest BCUT2D eigenvalue weighted by Crippen LogP contribution is 2.09. The van der Waals surface area contributed by atoms with E-state index < -0.39 is 0 Å². The summed E-state index contributed by atoms with van der Waals surface area (Å²) >= 11 is 7.49. The fraction of sp³-hybridized carbons (Fsp3) is 0.300. The van der Waals surface area contributed by atoms with Crippen molar-refractivity contribution in [1.29, 1.82) is 0 Å².